The van der Waals surface area contributed by atoms with Crippen molar-refractivity contribution in [3.63, 3.8) is 0 Å². The zero-order valence-electron chi connectivity index (χ0n) is 16.9. The number of piperazine rings is 1. The van der Waals surface area contributed by atoms with E-state index in [1.54, 1.807) is 36.1 Å². The molecule has 1 aromatic heterocycles. The average molecular weight is 423 g/mol. The van der Waals surface area contributed by atoms with Crippen LogP contribution in [0.2, 0.25) is 0 Å². The topological polar surface area (TPSA) is 124 Å². The molecule has 0 unspecified atom stereocenters. The lowest BCUT2D eigenvalue weighted by Gasteiger charge is -2.33. The monoisotopic (exact) mass is 423 g/mol. The number of nitrogens with one attached hydrogen (secondary N) is 1. The predicted octanol–water partition coefficient (Wildman–Crippen LogP) is 2.51. The molecule has 0 spiro atoms. The number of hydrogen-bond acceptors (Lipinski definition) is 8. The zero-order valence-corrected chi connectivity index (χ0v) is 16.9. The lowest BCUT2D eigenvalue weighted by atomic mass is 10.1. The van der Waals surface area contributed by atoms with Crippen molar-refractivity contribution in [3.8, 4) is 17.1 Å². The number of aryl methyl sites for hydroxylation is 1. The molecule has 0 radical (unpaired) electrons. The fourth-order valence-electron chi connectivity index (χ4n) is 3.40. The highest BCUT2D eigenvalue weighted by Crippen LogP contribution is 2.28. The van der Waals surface area contributed by atoms with E-state index in [4.69, 9.17) is 9.26 Å². The largest absolute Gasteiger partial charge is 0.484 e. The highest BCUT2D eigenvalue weighted by atomic mass is 16.6. The van der Waals surface area contributed by atoms with Gasteiger partial charge in [0.2, 0.25) is 5.82 Å². The van der Waals surface area contributed by atoms with Crippen molar-refractivity contribution in [2.45, 2.75) is 13.0 Å². The highest BCUT2D eigenvalue weighted by Gasteiger charge is 2.32. The normalized spacial score (nSPS) is 16.2. The SMILES string of the molecule is Cc1ccc(-c2noc([C@H]3CNCCN3C(=O)COc3ccccc3)n2)cc1[N+](=O)[O-]. The summed E-state index contributed by atoms with van der Waals surface area (Å²) < 4.78 is 11.0. The van der Waals surface area contributed by atoms with Crippen LogP contribution < -0.4 is 10.1 Å². The first-order valence-electron chi connectivity index (χ1n) is 9.80. The second kappa shape index (κ2) is 8.92. The molecule has 160 valence electrons. The van der Waals surface area contributed by atoms with Crippen LogP contribution in [-0.4, -0.2) is 52.1 Å². The van der Waals surface area contributed by atoms with Gasteiger partial charge in [-0.15, -0.1) is 0 Å². The zero-order chi connectivity index (χ0) is 21.8. The molecule has 1 aliphatic heterocycles. The lowest BCUT2D eigenvalue weighted by Crippen LogP contribution is -2.50. The smallest absolute Gasteiger partial charge is 0.273 e. The Labute approximate surface area is 178 Å². The van der Waals surface area contributed by atoms with Crippen molar-refractivity contribution < 1.29 is 19.0 Å². The van der Waals surface area contributed by atoms with E-state index in [2.05, 4.69) is 15.5 Å². The van der Waals surface area contributed by atoms with E-state index in [-0.39, 0.29) is 29.9 Å². The second-order valence-corrected chi connectivity index (χ2v) is 7.12. The van der Waals surface area contributed by atoms with Crippen molar-refractivity contribution in [2.75, 3.05) is 26.2 Å². The maximum atomic E-state index is 12.8. The van der Waals surface area contributed by atoms with Crippen LogP contribution in [0.3, 0.4) is 0 Å². The lowest BCUT2D eigenvalue weighted by molar-refractivity contribution is -0.385. The average Bonchev–Trinajstić information content (AvgIpc) is 3.28. The Bertz CT molecular complexity index is 1080. The summed E-state index contributed by atoms with van der Waals surface area (Å²) >= 11 is 0. The van der Waals surface area contributed by atoms with Gasteiger partial charge in [0.05, 0.1) is 4.92 Å². The standard InChI is InChI=1S/C21H21N5O5/c1-14-7-8-15(11-17(14)26(28)29)20-23-21(31-24-20)18-12-22-9-10-25(18)19(27)13-30-16-5-3-2-4-6-16/h2-8,11,18,22H,9-10,12-13H2,1H3/t18-/m1/s1. The Morgan fingerprint density at radius 2 is 2.13 bits per heavy atom. The molecule has 2 heterocycles. The Morgan fingerprint density at radius 3 is 2.90 bits per heavy atom. The van der Waals surface area contributed by atoms with Crippen LogP contribution in [0.15, 0.2) is 53.1 Å². The van der Waals surface area contributed by atoms with Crippen LogP contribution in [0.25, 0.3) is 11.4 Å². The van der Waals surface area contributed by atoms with Gasteiger partial charge in [-0.25, -0.2) is 0 Å². The number of benzene rings is 2. The molecule has 4 rings (SSSR count). The van der Waals surface area contributed by atoms with Gasteiger partial charge in [0.15, 0.2) is 6.61 Å². The summed E-state index contributed by atoms with van der Waals surface area (Å²) in [5, 5.41) is 18.4. The minimum atomic E-state index is -0.456. The van der Waals surface area contributed by atoms with Gasteiger partial charge in [0.1, 0.15) is 11.8 Å². The molecular formula is C21H21N5O5. The van der Waals surface area contributed by atoms with E-state index < -0.39 is 11.0 Å². The van der Waals surface area contributed by atoms with Crippen LogP contribution >= 0.6 is 0 Å². The number of nitrogens with zero attached hydrogens (tertiary/aromatic N) is 4. The molecule has 0 bridgehead atoms. The molecule has 10 nitrogen and oxygen atoms in total. The summed E-state index contributed by atoms with van der Waals surface area (Å²) in [6.07, 6.45) is 0. The van der Waals surface area contributed by atoms with Crippen molar-refractivity contribution in [2.24, 2.45) is 0 Å². The minimum Gasteiger partial charge on any atom is -0.484 e. The second-order valence-electron chi connectivity index (χ2n) is 7.12. The maximum Gasteiger partial charge on any atom is 0.273 e. The third-order valence-corrected chi connectivity index (χ3v) is 5.06. The number of amides is 1. The highest BCUT2D eigenvalue weighted by molar-refractivity contribution is 5.78. The number of aromatic nitrogens is 2. The van der Waals surface area contributed by atoms with Crippen LogP contribution in [0.4, 0.5) is 5.69 Å². The van der Waals surface area contributed by atoms with Gasteiger partial charge in [-0.05, 0) is 19.1 Å². The summed E-state index contributed by atoms with van der Waals surface area (Å²) in [4.78, 5) is 29.6. The first kappa shape index (κ1) is 20.5. The van der Waals surface area contributed by atoms with Crippen molar-refractivity contribution in [1.82, 2.24) is 20.4 Å². The molecule has 3 aromatic rings. The van der Waals surface area contributed by atoms with E-state index in [1.807, 2.05) is 18.2 Å². The van der Waals surface area contributed by atoms with Gasteiger partial charge in [-0.1, -0.05) is 35.5 Å². The molecule has 1 fully saturated rings. The van der Waals surface area contributed by atoms with Crippen molar-refractivity contribution >= 4 is 11.6 Å². The van der Waals surface area contributed by atoms with E-state index in [0.717, 1.165) is 0 Å². The molecule has 1 aliphatic rings. The van der Waals surface area contributed by atoms with Gasteiger partial charge in [0, 0.05) is 36.8 Å². The number of carbonyl (C=O) groups excluding carboxylic acids is 1. The minimum absolute atomic E-state index is 0.0157. The van der Waals surface area contributed by atoms with Gasteiger partial charge in [0.25, 0.3) is 17.5 Å². The Kier molecular flexibility index (Phi) is 5.89. The summed E-state index contributed by atoms with van der Waals surface area (Å²) in [5.74, 6) is 0.916. The number of ether oxygens (including phenoxy) is 1. The maximum absolute atomic E-state index is 12.8. The summed E-state index contributed by atoms with van der Waals surface area (Å²) in [5.41, 5.74) is 1.00. The summed E-state index contributed by atoms with van der Waals surface area (Å²) in [7, 11) is 0. The van der Waals surface area contributed by atoms with Crippen LogP contribution in [0.1, 0.15) is 17.5 Å². The van der Waals surface area contributed by atoms with Gasteiger partial charge in [-0.2, -0.15) is 4.98 Å². The van der Waals surface area contributed by atoms with Crippen molar-refractivity contribution in [3.05, 3.63) is 70.1 Å². The van der Waals surface area contributed by atoms with E-state index in [0.29, 0.717) is 36.5 Å². The molecule has 31 heavy (non-hydrogen) atoms. The van der Waals surface area contributed by atoms with Crippen molar-refractivity contribution in [1.29, 1.82) is 0 Å². The number of nitro benzene ring substituents is 1. The molecule has 1 atom stereocenters. The Balaban J connectivity index is 1.51. The van der Waals surface area contributed by atoms with E-state index in [9.17, 15) is 14.9 Å². The number of carbonyl (C=O) groups is 1. The molecule has 1 saturated heterocycles. The van der Waals surface area contributed by atoms with Gasteiger partial charge >= 0.3 is 0 Å². The van der Waals surface area contributed by atoms with Crippen LogP contribution in [0.5, 0.6) is 5.75 Å². The fraction of sp³-hybridized carbons (Fsp3) is 0.286. The molecule has 1 amide bonds. The quantitative estimate of drug-likeness (QED) is 0.474. The number of para-hydroxylation sites is 1. The molecule has 0 saturated carbocycles. The molecule has 0 aliphatic carbocycles. The molecule has 2 aromatic carbocycles. The van der Waals surface area contributed by atoms with Gasteiger partial charge < -0.3 is 19.5 Å². The first-order chi connectivity index (χ1) is 15.0. The number of nitro groups is 1. The Morgan fingerprint density at radius 1 is 1.32 bits per heavy atom. The summed E-state index contributed by atoms with van der Waals surface area (Å²) in [6, 6.07) is 13.4. The fourth-order valence-corrected chi connectivity index (χ4v) is 3.40. The number of rotatable bonds is 6. The third-order valence-electron chi connectivity index (χ3n) is 5.06. The Hall–Kier alpha value is -3.79. The van der Waals surface area contributed by atoms with Gasteiger partial charge in [-0.3, -0.25) is 14.9 Å². The predicted molar refractivity (Wildman–Crippen MR) is 110 cm³/mol. The van der Waals surface area contributed by atoms with Crippen LogP contribution in [-0.2, 0) is 4.79 Å². The summed E-state index contributed by atoms with van der Waals surface area (Å²) in [6.45, 7) is 3.12. The molecular weight excluding hydrogens is 402 g/mol. The van der Waals surface area contributed by atoms with Crippen LogP contribution in [0, 0.1) is 17.0 Å². The van der Waals surface area contributed by atoms with E-state index in [1.165, 1.54) is 6.07 Å². The molecule has 1 N–H and O–H groups in total. The number of hydrogen-bond donors (Lipinski definition) is 1. The van der Waals surface area contributed by atoms with E-state index >= 15 is 0 Å². The first-order valence-corrected chi connectivity index (χ1v) is 9.80. The third kappa shape index (κ3) is 4.53. The molecule has 10 heteroatoms.